The van der Waals surface area contributed by atoms with E-state index in [-0.39, 0.29) is 12.5 Å². The SMILES string of the molecule is CCNC(=O)[C@@H](C)N(CCc1ccccc1)C(=O)CN(c1ccc(OCC)cc1)S(C)(=O)=O. The fraction of sp³-hybridized carbons (Fsp3) is 0.417. The summed E-state index contributed by atoms with van der Waals surface area (Å²) in [7, 11) is -3.75. The Morgan fingerprint density at radius 1 is 1.03 bits per heavy atom. The molecule has 180 valence electrons. The lowest BCUT2D eigenvalue weighted by Gasteiger charge is -2.31. The summed E-state index contributed by atoms with van der Waals surface area (Å²) in [6.45, 7) is 6.10. The summed E-state index contributed by atoms with van der Waals surface area (Å²) in [5.74, 6) is -0.134. The number of nitrogens with zero attached hydrogens (tertiary/aromatic N) is 2. The Hall–Kier alpha value is -3.07. The van der Waals surface area contributed by atoms with Crippen LogP contribution in [0.3, 0.4) is 0 Å². The van der Waals surface area contributed by atoms with Crippen molar-refractivity contribution in [3.8, 4) is 5.75 Å². The van der Waals surface area contributed by atoms with Gasteiger partial charge in [-0.3, -0.25) is 13.9 Å². The van der Waals surface area contributed by atoms with Crippen LogP contribution >= 0.6 is 0 Å². The number of hydrogen-bond acceptors (Lipinski definition) is 5. The van der Waals surface area contributed by atoms with Gasteiger partial charge in [0.25, 0.3) is 0 Å². The molecule has 33 heavy (non-hydrogen) atoms. The summed E-state index contributed by atoms with van der Waals surface area (Å²) in [5.41, 5.74) is 1.37. The van der Waals surface area contributed by atoms with Gasteiger partial charge in [-0.05, 0) is 57.0 Å². The largest absolute Gasteiger partial charge is 0.494 e. The Labute approximate surface area is 196 Å². The zero-order valence-corrected chi connectivity index (χ0v) is 20.5. The molecule has 1 N–H and O–H groups in total. The molecule has 2 amide bonds. The molecule has 0 aliphatic carbocycles. The van der Waals surface area contributed by atoms with Gasteiger partial charge in [0, 0.05) is 13.1 Å². The minimum atomic E-state index is -3.75. The second kappa shape index (κ2) is 12.2. The van der Waals surface area contributed by atoms with Gasteiger partial charge < -0.3 is 15.0 Å². The van der Waals surface area contributed by atoms with E-state index in [0.717, 1.165) is 16.1 Å². The van der Waals surface area contributed by atoms with Crippen LogP contribution in [0.1, 0.15) is 26.3 Å². The van der Waals surface area contributed by atoms with Crippen molar-refractivity contribution in [1.82, 2.24) is 10.2 Å². The first kappa shape index (κ1) is 26.2. The number of nitrogens with one attached hydrogen (secondary N) is 1. The summed E-state index contributed by atoms with van der Waals surface area (Å²) in [6.07, 6.45) is 1.59. The summed E-state index contributed by atoms with van der Waals surface area (Å²) in [6, 6.07) is 15.4. The van der Waals surface area contributed by atoms with Crippen molar-refractivity contribution in [3.05, 3.63) is 60.2 Å². The minimum absolute atomic E-state index is 0.280. The van der Waals surface area contributed by atoms with Crippen molar-refractivity contribution in [2.45, 2.75) is 33.2 Å². The summed E-state index contributed by atoms with van der Waals surface area (Å²) >= 11 is 0. The Bertz CT molecular complexity index is 1010. The average molecular weight is 476 g/mol. The number of sulfonamides is 1. The van der Waals surface area contributed by atoms with Crippen LogP contribution in [0.4, 0.5) is 5.69 Å². The van der Waals surface area contributed by atoms with E-state index in [1.165, 1.54) is 4.90 Å². The highest BCUT2D eigenvalue weighted by molar-refractivity contribution is 7.92. The van der Waals surface area contributed by atoms with Gasteiger partial charge in [0.2, 0.25) is 21.8 Å². The molecule has 2 aromatic carbocycles. The van der Waals surface area contributed by atoms with Gasteiger partial charge in [0.15, 0.2) is 0 Å². The Balaban J connectivity index is 2.27. The van der Waals surface area contributed by atoms with Crippen molar-refractivity contribution < 1.29 is 22.7 Å². The quantitative estimate of drug-likeness (QED) is 0.509. The first-order chi connectivity index (χ1) is 15.7. The fourth-order valence-electron chi connectivity index (χ4n) is 3.38. The standard InChI is InChI=1S/C24H33N3O5S/c1-5-25-24(29)19(3)26(17-16-20-10-8-7-9-11-20)23(28)18-27(33(4,30)31)21-12-14-22(15-13-21)32-6-2/h7-15,19H,5-6,16-18H2,1-4H3,(H,25,29)/t19-/m1/s1. The number of hydrogen-bond donors (Lipinski definition) is 1. The Morgan fingerprint density at radius 2 is 1.67 bits per heavy atom. The van der Waals surface area contributed by atoms with Gasteiger partial charge >= 0.3 is 0 Å². The third kappa shape index (κ3) is 7.78. The molecule has 0 aliphatic heterocycles. The van der Waals surface area contributed by atoms with Crippen LogP contribution in [0.2, 0.25) is 0 Å². The average Bonchev–Trinajstić information content (AvgIpc) is 2.78. The predicted octanol–water partition coefficient (Wildman–Crippen LogP) is 2.45. The molecule has 0 bridgehead atoms. The fourth-order valence-corrected chi connectivity index (χ4v) is 4.23. The Morgan fingerprint density at radius 3 is 2.21 bits per heavy atom. The number of carbonyl (C=O) groups is 2. The molecule has 0 aromatic heterocycles. The van der Waals surface area contributed by atoms with Gasteiger partial charge in [0.1, 0.15) is 18.3 Å². The van der Waals surface area contributed by atoms with Crippen molar-refractivity contribution in [2.75, 3.05) is 36.8 Å². The van der Waals surface area contributed by atoms with E-state index in [9.17, 15) is 18.0 Å². The lowest BCUT2D eigenvalue weighted by Crippen LogP contribution is -2.52. The maximum atomic E-state index is 13.3. The zero-order chi connectivity index (χ0) is 24.4. The second-order valence-corrected chi connectivity index (χ2v) is 9.50. The molecule has 2 rings (SSSR count). The van der Waals surface area contributed by atoms with Gasteiger partial charge in [-0.25, -0.2) is 8.42 Å². The molecule has 8 nitrogen and oxygen atoms in total. The molecule has 0 saturated heterocycles. The Kier molecular flexibility index (Phi) is 9.72. The molecular formula is C24H33N3O5S. The van der Waals surface area contributed by atoms with Crippen molar-refractivity contribution in [2.24, 2.45) is 0 Å². The van der Waals surface area contributed by atoms with E-state index >= 15 is 0 Å². The van der Waals surface area contributed by atoms with E-state index in [4.69, 9.17) is 4.74 Å². The lowest BCUT2D eigenvalue weighted by atomic mass is 10.1. The molecule has 0 heterocycles. The van der Waals surface area contributed by atoms with Crippen LogP contribution in [-0.4, -0.2) is 63.7 Å². The molecule has 0 aliphatic rings. The third-order valence-corrected chi connectivity index (χ3v) is 6.26. The highest BCUT2D eigenvalue weighted by Gasteiger charge is 2.29. The summed E-state index contributed by atoms with van der Waals surface area (Å²) < 4.78 is 31.5. The number of benzene rings is 2. The van der Waals surface area contributed by atoms with E-state index in [1.807, 2.05) is 37.3 Å². The minimum Gasteiger partial charge on any atom is -0.494 e. The maximum absolute atomic E-state index is 13.3. The molecule has 0 radical (unpaired) electrons. The normalized spacial score (nSPS) is 12.0. The van der Waals surface area contributed by atoms with E-state index in [1.54, 1.807) is 38.1 Å². The highest BCUT2D eigenvalue weighted by Crippen LogP contribution is 2.22. The number of amides is 2. The molecule has 1 atom stereocenters. The molecule has 0 unspecified atom stereocenters. The number of likely N-dealkylation sites (N-methyl/N-ethyl adjacent to an activating group) is 1. The van der Waals surface area contributed by atoms with Crippen LogP contribution in [-0.2, 0) is 26.0 Å². The third-order valence-electron chi connectivity index (χ3n) is 5.12. The van der Waals surface area contributed by atoms with Gasteiger partial charge in [-0.1, -0.05) is 30.3 Å². The second-order valence-electron chi connectivity index (χ2n) is 7.59. The number of rotatable bonds is 12. The van der Waals surface area contributed by atoms with Crippen LogP contribution in [0.25, 0.3) is 0 Å². The number of ether oxygens (including phenoxy) is 1. The van der Waals surface area contributed by atoms with Crippen LogP contribution in [0, 0.1) is 0 Å². The molecular weight excluding hydrogens is 442 g/mol. The molecule has 0 saturated carbocycles. The molecule has 0 spiro atoms. The molecule has 2 aromatic rings. The number of anilines is 1. The van der Waals surface area contributed by atoms with Crippen LogP contribution in [0.5, 0.6) is 5.75 Å². The first-order valence-corrected chi connectivity index (χ1v) is 12.8. The van der Waals surface area contributed by atoms with Crippen molar-refractivity contribution in [1.29, 1.82) is 0 Å². The van der Waals surface area contributed by atoms with Crippen LogP contribution in [0.15, 0.2) is 54.6 Å². The summed E-state index contributed by atoms with van der Waals surface area (Å²) in [4.78, 5) is 27.3. The number of carbonyl (C=O) groups excluding carboxylic acids is 2. The summed E-state index contributed by atoms with van der Waals surface area (Å²) in [5, 5.41) is 2.73. The zero-order valence-electron chi connectivity index (χ0n) is 19.7. The van der Waals surface area contributed by atoms with Gasteiger partial charge in [-0.2, -0.15) is 0 Å². The van der Waals surface area contributed by atoms with Gasteiger partial charge in [-0.15, -0.1) is 0 Å². The van der Waals surface area contributed by atoms with Gasteiger partial charge in [0.05, 0.1) is 18.6 Å². The van der Waals surface area contributed by atoms with E-state index in [2.05, 4.69) is 5.32 Å². The predicted molar refractivity (Wildman–Crippen MR) is 130 cm³/mol. The topological polar surface area (TPSA) is 96.0 Å². The smallest absolute Gasteiger partial charge is 0.244 e. The monoisotopic (exact) mass is 475 g/mol. The highest BCUT2D eigenvalue weighted by atomic mass is 32.2. The molecule has 9 heteroatoms. The lowest BCUT2D eigenvalue weighted by molar-refractivity contribution is -0.138. The first-order valence-electron chi connectivity index (χ1n) is 11.0. The van der Waals surface area contributed by atoms with E-state index in [0.29, 0.717) is 31.0 Å². The van der Waals surface area contributed by atoms with Crippen molar-refractivity contribution in [3.63, 3.8) is 0 Å². The van der Waals surface area contributed by atoms with E-state index < -0.39 is 28.5 Å². The van der Waals surface area contributed by atoms with Crippen molar-refractivity contribution >= 4 is 27.5 Å². The molecule has 0 fully saturated rings. The van der Waals surface area contributed by atoms with Crippen LogP contribution < -0.4 is 14.4 Å². The maximum Gasteiger partial charge on any atom is 0.244 e.